The van der Waals surface area contributed by atoms with Crippen LogP contribution in [0.5, 0.6) is 0 Å². The Labute approximate surface area is 418 Å². The molecule has 26 heteroatoms. The number of benzene rings is 2. The van der Waals surface area contributed by atoms with E-state index in [9.17, 15) is 68.4 Å². The molecule has 0 aliphatic heterocycles. The lowest BCUT2D eigenvalue weighted by atomic mass is 10.1. The number of hydrogen-bond acceptors (Lipinski definition) is 15. The van der Waals surface area contributed by atoms with E-state index >= 15 is 0 Å². The van der Waals surface area contributed by atoms with E-state index in [0.717, 1.165) is 10.8 Å². The first-order valence-corrected chi connectivity index (χ1v) is 23.2. The third-order valence-corrected chi connectivity index (χ3v) is 11.3. The Bertz CT molecular complexity index is 2370. The normalized spacial score (nSPS) is 12.4. The van der Waals surface area contributed by atoms with Crippen LogP contribution in [-0.2, 0) is 51.4 Å². The van der Waals surface area contributed by atoms with Gasteiger partial charge in [0.25, 0.3) is 5.91 Å². The van der Waals surface area contributed by atoms with Crippen molar-refractivity contribution < 1.29 is 83.7 Å². The summed E-state index contributed by atoms with van der Waals surface area (Å²) in [7, 11) is 0. The van der Waals surface area contributed by atoms with Crippen molar-refractivity contribution in [3.05, 3.63) is 77.6 Å². The summed E-state index contributed by atoms with van der Waals surface area (Å²) in [5.41, 5.74) is 1.46. The Kier molecular flexibility index (Phi) is 25.7. The quantitative estimate of drug-likeness (QED) is 0.0338. The van der Waals surface area contributed by atoms with Gasteiger partial charge < -0.3 is 67.2 Å². The van der Waals surface area contributed by atoms with Crippen molar-refractivity contribution >= 4 is 70.4 Å². The summed E-state index contributed by atoms with van der Waals surface area (Å²) in [5, 5.41) is 79.7. The number of carboxylic acids is 7. The number of fused-ring (bicyclic) bond motifs is 1. The highest BCUT2D eigenvalue weighted by molar-refractivity contribution is 5.95. The maximum Gasteiger partial charge on any atom is 0.326 e. The van der Waals surface area contributed by atoms with E-state index in [0.29, 0.717) is 11.3 Å². The number of aromatic nitrogens is 1. The molecule has 0 spiro atoms. The van der Waals surface area contributed by atoms with Crippen LogP contribution in [0.1, 0.15) is 66.6 Å². The number of carbonyl (C=O) groups is 10. The molecule has 0 saturated heterocycles. The minimum absolute atomic E-state index is 0.00761. The molecule has 1 aromatic heterocycles. The summed E-state index contributed by atoms with van der Waals surface area (Å²) in [5.74, 6) is -9.74. The maximum atomic E-state index is 14.1. The van der Waals surface area contributed by atoms with Crippen molar-refractivity contribution in [1.29, 1.82) is 0 Å². The number of carboxylic acid groups (broad SMARTS) is 7. The maximum absolute atomic E-state index is 14.1. The Morgan fingerprint density at radius 1 is 0.589 bits per heavy atom. The van der Waals surface area contributed by atoms with E-state index in [1.54, 1.807) is 30.5 Å². The minimum Gasteiger partial charge on any atom is -0.481 e. The van der Waals surface area contributed by atoms with Gasteiger partial charge in [0, 0.05) is 82.3 Å². The minimum atomic E-state index is -1.57. The predicted molar refractivity (Wildman–Crippen MR) is 257 cm³/mol. The SMILES string of the molecule is O=C(O)CC[C@@H](NC(=O)N[C@H](CCCCN(Cc1nccc2ccccc12)C(=O)c1ccc(CNC(=O)CCC(C(=O)O)N(CCNCC(=O)O)CCN(CCNCC(=O)O)CC(=O)O)cc1)C(=O)O)C(=O)O. The molecule has 1 heterocycles. The van der Waals surface area contributed by atoms with Crippen molar-refractivity contribution in [1.82, 2.24) is 46.3 Å². The first kappa shape index (κ1) is 59.5. The molecule has 3 rings (SSSR count). The van der Waals surface area contributed by atoms with Crippen molar-refractivity contribution in [2.45, 2.75) is 76.2 Å². The van der Waals surface area contributed by atoms with Crippen molar-refractivity contribution in [3.63, 3.8) is 0 Å². The van der Waals surface area contributed by atoms with Gasteiger partial charge in [0.05, 0.1) is 31.9 Å². The van der Waals surface area contributed by atoms with Gasteiger partial charge >= 0.3 is 47.8 Å². The van der Waals surface area contributed by atoms with Gasteiger partial charge in [-0.05, 0) is 61.3 Å². The number of nitrogens with one attached hydrogen (secondary N) is 5. The smallest absolute Gasteiger partial charge is 0.326 e. The fourth-order valence-corrected chi connectivity index (χ4v) is 7.51. The molecule has 12 N–H and O–H groups in total. The van der Waals surface area contributed by atoms with E-state index in [1.165, 1.54) is 14.7 Å². The first-order valence-electron chi connectivity index (χ1n) is 23.2. The molecule has 0 aliphatic carbocycles. The molecule has 0 aliphatic rings. The van der Waals surface area contributed by atoms with Gasteiger partial charge in [-0.15, -0.1) is 0 Å². The number of pyridine rings is 1. The van der Waals surface area contributed by atoms with E-state index < -0.39 is 104 Å². The molecule has 398 valence electrons. The highest BCUT2D eigenvalue weighted by Crippen LogP contribution is 2.20. The molecule has 1 unspecified atom stereocenters. The molecular weight excluding hydrogens is 963 g/mol. The van der Waals surface area contributed by atoms with Crippen molar-refractivity contribution in [2.24, 2.45) is 0 Å². The molecule has 0 saturated carbocycles. The topological polar surface area (TPSA) is 395 Å². The molecule has 3 aromatic rings. The van der Waals surface area contributed by atoms with Gasteiger partial charge in [0.2, 0.25) is 5.91 Å². The zero-order chi connectivity index (χ0) is 53.9. The first-order chi connectivity index (χ1) is 34.7. The average Bonchev–Trinajstić information content (AvgIpc) is 3.33. The standard InChI is InChI=1S/C47H63N9O17/c57-38(14-13-37(46(71)72)55(22-19-49-27-41(62)63)24-23-54(29-42(64)65)21-18-48-26-40(60)61)51-25-30-8-10-32(11-9-30)43(66)56(28-36-33-6-2-1-5-31(33)16-17-50-36)20-4-3-7-34(44(67)68)52-47(73)53-35(45(69)70)12-15-39(58)59/h1-2,5-6,8-11,16-17,34-35,37,48-49H,3-4,7,12-15,18-29H2,(H,51,57)(H,58,59)(H,60,61)(H,62,63)(H,64,65)(H,67,68)(H,69,70)(H,71,72)(H2,52,53,73)/t34-,35-,37?/m1/s1. The summed E-state index contributed by atoms with van der Waals surface area (Å²) < 4.78 is 0. The zero-order valence-corrected chi connectivity index (χ0v) is 39.9. The molecule has 2 aromatic carbocycles. The average molecular weight is 1030 g/mol. The third-order valence-electron chi connectivity index (χ3n) is 11.3. The number of amides is 4. The summed E-state index contributed by atoms with van der Waals surface area (Å²) in [6, 6.07) is 10.3. The van der Waals surface area contributed by atoms with E-state index in [4.69, 9.17) is 15.3 Å². The molecule has 0 fully saturated rings. The lowest BCUT2D eigenvalue weighted by molar-refractivity contribution is -0.145. The van der Waals surface area contributed by atoms with Gasteiger partial charge in [-0.2, -0.15) is 0 Å². The largest absolute Gasteiger partial charge is 0.481 e. The summed E-state index contributed by atoms with van der Waals surface area (Å²) >= 11 is 0. The second-order valence-electron chi connectivity index (χ2n) is 16.7. The van der Waals surface area contributed by atoms with E-state index in [-0.39, 0.29) is 103 Å². The third kappa shape index (κ3) is 22.9. The van der Waals surface area contributed by atoms with Gasteiger partial charge in [0.15, 0.2) is 0 Å². The van der Waals surface area contributed by atoms with Crippen LogP contribution in [0.15, 0.2) is 60.8 Å². The predicted octanol–water partition coefficient (Wildman–Crippen LogP) is 0.00450. The second-order valence-corrected chi connectivity index (χ2v) is 16.7. The van der Waals surface area contributed by atoms with Crippen LogP contribution >= 0.6 is 0 Å². The molecule has 26 nitrogen and oxygen atoms in total. The van der Waals surface area contributed by atoms with Gasteiger partial charge in [-0.1, -0.05) is 36.4 Å². The Morgan fingerprint density at radius 3 is 1.82 bits per heavy atom. The van der Waals surface area contributed by atoms with Crippen LogP contribution in [-0.4, -0.2) is 199 Å². The molecular formula is C47H63N9O17. The van der Waals surface area contributed by atoms with Crippen molar-refractivity contribution in [2.75, 3.05) is 65.4 Å². The zero-order valence-electron chi connectivity index (χ0n) is 39.9. The van der Waals surface area contributed by atoms with Gasteiger partial charge in [0.1, 0.15) is 18.1 Å². The second kappa shape index (κ2) is 31.5. The summed E-state index contributed by atoms with van der Waals surface area (Å²) in [4.78, 5) is 129. The lowest BCUT2D eigenvalue weighted by Gasteiger charge is -2.31. The van der Waals surface area contributed by atoms with E-state index in [2.05, 4.69) is 31.6 Å². The van der Waals surface area contributed by atoms with Crippen LogP contribution in [0, 0.1) is 0 Å². The monoisotopic (exact) mass is 1030 g/mol. The Balaban J connectivity index is 1.68. The summed E-state index contributed by atoms with van der Waals surface area (Å²) in [6.45, 7) is -0.549. The van der Waals surface area contributed by atoms with Crippen LogP contribution in [0.3, 0.4) is 0 Å². The number of unbranched alkanes of at least 4 members (excludes halogenated alkanes) is 1. The number of nitrogens with zero attached hydrogens (tertiary/aromatic N) is 4. The molecule has 73 heavy (non-hydrogen) atoms. The Hall–Kier alpha value is -7.81. The van der Waals surface area contributed by atoms with Crippen LogP contribution < -0.4 is 26.6 Å². The fourth-order valence-electron chi connectivity index (χ4n) is 7.51. The highest BCUT2D eigenvalue weighted by Gasteiger charge is 2.28. The lowest BCUT2D eigenvalue weighted by Crippen LogP contribution is -2.51. The molecule has 0 bridgehead atoms. The molecule has 0 radical (unpaired) electrons. The number of rotatable bonds is 37. The number of carbonyl (C=O) groups excluding carboxylic acids is 3. The fraction of sp³-hybridized carbons (Fsp3) is 0.468. The van der Waals surface area contributed by atoms with Gasteiger partial charge in [-0.3, -0.25) is 48.3 Å². The van der Waals surface area contributed by atoms with Gasteiger partial charge in [-0.25, -0.2) is 14.4 Å². The van der Waals surface area contributed by atoms with Crippen LogP contribution in [0.4, 0.5) is 4.79 Å². The van der Waals surface area contributed by atoms with Crippen LogP contribution in [0.25, 0.3) is 10.8 Å². The molecule has 4 amide bonds. The van der Waals surface area contributed by atoms with E-state index in [1.807, 2.05) is 30.3 Å². The van der Waals surface area contributed by atoms with Crippen molar-refractivity contribution in [3.8, 4) is 0 Å². The number of aliphatic carboxylic acids is 7. The number of urea groups is 1. The Morgan fingerprint density at radius 2 is 1.22 bits per heavy atom. The van der Waals surface area contributed by atoms with Crippen LogP contribution in [0.2, 0.25) is 0 Å². The highest BCUT2D eigenvalue weighted by atomic mass is 16.4. The number of hydrogen-bond donors (Lipinski definition) is 12. The summed E-state index contributed by atoms with van der Waals surface area (Å²) in [6.07, 6.45) is 0.596. The molecule has 3 atom stereocenters.